The quantitative estimate of drug-likeness (QED) is 0.744. The Morgan fingerprint density at radius 2 is 2.18 bits per heavy atom. The molecule has 0 saturated carbocycles. The van der Waals surface area contributed by atoms with Crippen molar-refractivity contribution in [1.29, 1.82) is 5.26 Å². The van der Waals surface area contributed by atoms with E-state index in [1.165, 1.54) is 11.3 Å². The Bertz CT molecular complexity index is 844. The molecular formula is C16H14N4OS. The Hall–Kier alpha value is -2.65. The van der Waals surface area contributed by atoms with Crippen molar-refractivity contribution in [2.24, 2.45) is 0 Å². The highest BCUT2D eigenvalue weighted by Gasteiger charge is 2.18. The summed E-state index contributed by atoms with van der Waals surface area (Å²) < 4.78 is 1.82. The fourth-order valence-electron chi connectivity index (χ4n) is 2.20. The van der Waals surface area contributed by atoms with Crippen molar-refractivity contribution < 1.29 is 4.79 Å². The van der Waals surface area contributed by atoms with Gasteiger partial charge >= 0.3 is 0 Å². The normalized spacial score (nSPS) is 10.5. The van der Waals surface area contributed by atoms with Gasteiger partial charge in [-0.1, -0.05) is 30.3 Å². The summed E-state index contributed by atoms with van der Waals surface area (Å²) in [6.07, 6.45) is 2.21. The molecule has 0 aliphatic rings. The van der Waals surface area contributed by atoms with E-state index in [2.05, 4.69) is 11.1 Å². The van der Waals surface area contributed by atoms with E-state index >= 15 is 0 Å². The number of nitrogens with zero attached hydrogens (tertiary/aromatic N) is 4. The number of carbonyl (C=O) groups is 1. The number of thiazole rings is 1. The van der Waals surface area contributed by atoms with Crippen LogP contribution in [-0.4, -0.2) is 33.8 Å². The molecule has 3 rings (SSSR count). The number of hydrogen-bond acceptors (Lipinski definition) is 4. The third kappa shape index (κ3) is 2.59. The monoisotopic (exact) mass is 310 g/mol. The fraction of sp³-hybridized carbons (Fsp3) is 0.188. The van der Waals surface area contributed by atoms with Gasteiger partial charge < -0.3 is 4.90 Å². The van der Waals surface area contributed by atoms with Gasteiger partial charge in [0.25, 0.3) is 5.91 Å². The average molecular weight is 310 g/mol. The molecule has 0 unspecified atom stereocenters. The summed E-state index contributed by atoms with van der Waals surface area (Å²) in [5, 5.41) is 10.4. The first-order chi connectivity index (χ1) is 10.7. The number of carbonyl (C=O) groups excluding carboxylic acids is 1. The van der Waals surface area contributed by atoms with Gasteiger partial charge in [0.2, 0.25) is 0 Å². The highest BCUT2D eigenvalue weighted by molar-refractivity contribution is 7.15. The molecule has 1 aromatic carbocycles. The number of fused-ring (bicyclic) bond motifs is 1. The highest BCUT2D eigenvalue weighted by atomic mass is 32.1. The summed E-state index contributed by atoms with van der Waals surface area (Å²) in [5.74, 6) is -0.0986. The lowest BCUT2D eigenvalue weighted by Crippen LogP contribution is -2.28. The number of aromatic nitrogens is 2. The van der Waals surface area contributed by atoms with Gasteiger partial charge in [-0.2, -0.15) is 5.26 Å². The van der Waals surface area contributed by atoms with Crippen molar-refractivity contribution in [3.05, 3.63) is 47.6 Å². The molecule has 1 amide bonds. The van der Waals surface area contributed by atoms with Crippen molar-refractivity contribution in [2.45, 2.75) is 6.42 Å². The molecule has 0 N–H and O–H groups in total. The van der Waals surface area contributed by atoms with Crippen molar-refractivity contribution in [3.63, 3.8) is 0 Å². The van der Waals surface area contributed by atoms with Gasteiger partial charge in [-0.25, -0.2) is 4.98 Å². The largest absolute Gasteiger partial charge is 0.339 e. The zero-order valence-electron chi connectivity index (χ0n) is 12.1. The minimum absolute atomic E-state index is 0.0986. The van der Waals surface area contributed by atoms with Gasteiger partial charge in [0, 0.05) is 30.7 Å². The topological polar surface area (TPSA) is 61.4 Å². The minimum Gasteiger partial charge on any atom is -0.339 e. The highest BCUT2D eigenvalue weighted by Crippen LogP contribution is 2.24. The molecule has 3 aromatic rings. The number of imidazole rings is 1. The van der Waals surface area contributed by atoms with Gasteiger partial charge in [-0.3, -0.25) is 9.20 Å². The first kappa shape index (κ1) is 14.3. The predicted octanol–water partition coefficient (Wildman–Crippen LogP) is 3.05. The van der Waals surface area contributed by atoms with Crippen LogP contribution in [0.4, 0.5) is 0 Å². The molecule has 2 heterocycles. The van der Waals surface area contributed by atoms with Crippen LogP contribution in [0.5, 0.6) is 0 Å². The lowest BCUT2D eigenvalue weighted by Gasteiger charge is -2.14. The van der Waals surface area contributed by atoms with Gasteiger partial charge in [0.1, 0.15) is 5.69 Å². The van der Waals surface area contributed by atoms with E-state index in [1.807, 2.05) is 46.3 Å². The molecule has 5 nitrogen and oxygen atoms in total. The second-order valence-electron chi connectivity index (χ2n) is 4.90. The van der Waals surface area contributed by atoms with Crippen LogP contribution in [0.3, 0.4) is 0 Å². The molecule has 6 heteroatoms. The first-order valence-corrected chi connectivity index (χ1v) is 7.73. The summed E-state index contributed by atoms with van der Waals surface area (Å²) in [7, 11) is 1.71. The van der Waals surface area contributed by atoms with Gasteiger partial charge in [0.15, 0.2) is 4.96 Å². The maximum absolute atomic E-state index is 12.4. The minimum atomic E-state index is -0.0986. The molecule has 0 fully saturated rings. The van der Waals surface area contributed by atoms with Crippen LogP contribution >= 0.6 is 11.3 Å². The van der Waals surface area contributed by atoms with Gasteiger partial charge in [0.05, 0.1) is 18.2 Å². The predicted molar refractivity (Wildman–Crippen MR) is 85.7 cm³/mol. The van der Waals surface area contributed by atoms with E-state index in [4.69, 9.17) is 5.26 Å². The van der Waals surface area contributed by atoms with Crippen LogP contribution in [0.15, 0.2) is 41.9 Å². The van der Waals surface area contributed by atoms with Gasteiger partial charge in [-0.15, -0.1) is 11.3 Å². The third-order valence-corrected chi connectivity index (χ3v) is 4.24. The van der Waals surface area contributed by atoms with Crippen molar-refractivity contribution in [3.8, 4) is 17.3 Å². The van der Waals surface area contributed by atoms with E-state index in [1.54, 1.807) is 11.9 Å². The zero-order valence-corrected chi connectivity index (χ0v) is 12.9. The van der Waals surface area contributed by atoms with Crippen LogP contribution in [0.1, 0.15) is 16.9 Å². The van der Waals surface area contributed by atoms with Crippen molar-refractivity contribution in [1.82, 2.24) is 14.3 Å². The summed E-state index contributed by atoms with van der Waals surface area (Å²) in [6.45, 7) is 0.424. The number of amides is 1. The Kier molecular flexibility index (Phi) is 3.90. The second kappa shape index (κ2) is 6.00. The molecule has 22 heavy (non-hydrogen) atoms. The molecular weight excluding hydrogens is 296 g/mol. The Morgan fingerprint density at radius 1 is 1.41 bits per heavy atom. The van der Waals surface area contributed by atoms with E-state index in [-0.39, 0.29) is 5.91 Å². The lowest BCUT2D eigenvalue weighted by atomic mass is 10.2. The Balaban J connectivity index is 1.94. The molecule has 0 aliphatic carbocycles. The zero-order chi connectivity index (χ0) is 15.5. The van der Waals surface area contributed by atoms with Crippen LogP contribution in [0.25, 0.3) is 16.2 Å². The molecule has 0 radical (unpaired) electrons. The maximum atomic E-state index is 12.4. The first-order valence-electron chi connectivity index (χ1n) is 6.85. The number of benzene rings is 1. The van der Waals surface area contributed by atoms with Gasteiger partial charge in [-0.05, 0) is 0 Å². The number of nitriles is 1. The number of hydrogen-bond donors (Lipinski definition) is 0. The van der Waals surface area contributed by atoms with E-state index in [0.717, 1.165) is 16.2 Å². The number of rotatable bonds is 4. The van der Waals surface area contributed by atoms with E-state index < -0.39 is 0 Å². The molecule has 0 saturated heterocycles. The SMILES string of the molecule is CN(CCC#N)C(=O)c1csc2nc(-c3ccccc3)cn12. The summed E-state index contributed by atoms with van der Waals surface area (Å²) in [5.41, 5.74) is 2.45. The Morgan fingerprint density at radius 3 is 2.91 bits per heavy atom. The standard InChI is InChI=1S/C16H14N4OS/c1-19(9-5-8-17)15(21)14-11-22-16-18-13(10-20(14)16)12-6-3-2-4-7-12/h2-4,6-7,10-11H,5,9H2,1H3. The second-order valence-corrected chi connectivity index (χ2v) is 5.74. The lowest BCUT2D eigenvalue weighted by molar-refractivity contribution is 0.0791. The van der Waals surface area contributed by atoms with Crippen LogP contribution in [0.2, 0.25) is 0 Å². The molecule has 2 aromatic heterocycles. The fourth-order valence-corrected chi connectivity index (χ4v) is 3.05. The smallest absolute Gasteiger partial charge is 0.271 e. The molecule has 0 spiro atoms. The molecule has 0 bridgehead atoms. The molecule has 110 valence electrons. The molecule has 0 atom stereocenters. The summed E-state index contributed by atoms with van der Waals surface area (Å²) in [4.78, 5) is 19.4. The van der Waals surface area contributed by atoms with Crippen molar-refractivity contribution in [2.75, 3.05) is 13.6 Å². The van der Waals surface area contributed by atoms with Crippen molar-refractivity contribution >= 4 is 22.2 Å². The maximum Gasteiger partial charge on any atom is 0.271 e. The average Bonchev–Trinajstić information content (AvgIpc) is 3.13. The molecule has 0 aliphatic heterocycles. The summed E-state index contributed by atoms with van der Waals surface area (Å²) in [6, 6.07) is 11.9. The van der Waals surface area contributed by atoms with Crippen LogP contribution in [-0.2, 0) is 0 Å². The third-order valence-electron chi connectivity index (χ3n) is 3.40. The van der Waals surface area contributed by atoms with E-state index in [0.29, 0.717) is 18.7 Å². The van der Waals surface area contributed by atoms with Crippen LogP contribution in [0, 0.1) is 11.3 Å². The summed E-state index contributed by atoms with van der Waals surface area (Å²) >= 11 is 1.44. The van der Waals surface area contributed by atoms with E-state index in [9.17, 15) is 4.79 Å². The van der Waals surface area contributed by atoms with Crippen LogP contribution < -0.4 is 0 Å². The Labute approximate surface area is 132 Å².